The van der Waals surface area contributed by atoms with Gasteiger partial charge in [0.2, 0.25) is 0 Å². The molecule has 0 aromatic heterocycles. The Balaban J connectivity index is 1.94. The van der Waals surface area contributed by atoms with Gasteiger partial charge in [-0.05, 0) is 53.4 Å². The Morgan fingerprint density at radius 3 is 1.75 bits per heavy atom. The third kappa shape index (κ3) is 5.30. The summed E-state index contributed by atoms with van der Waals surface area (Å²) in [5, 5.41) is 0. The topological polar surface area (TPSA) is 29.6 Å². The molecule has 0 radical (unpaired) electrons. The highest BCUT2D eigenvalue weighted by Gasteiger charge is 2.88. The third-order valence-corrected chi connectivity index (χ3v) is 6.75. The lowest BCUT2D eigenvalue weighted by molar-refractivity contribution is -0.292. The van der Waals surface area contributed by atoms with Crippen LogP contribution in [0.15, 0.2) is 72.8 Å². The van der Waals surface area contributed by atoms with Crippen molar-refractivity contribution in [3.05, 3.63) is 107 Å². The molecule has 3 aromatic rings. The number of rotatable bonds is 7. The van der Waals surface area contributed by atoms with E-state index in [9.17, 15) is 53.1 Å². The molecule has 1 fully saturated rings. The van der Waals surface area contributed by atoms with Crippen LogP contribution in [0.4, 0.5) is 48.3 Å². The number of hydrogen-bond donors (Lipinski definition) is 0. The van der Waals surface area contributed by atoms with Crippen molar-refractivity contribution >= 4 is 5.78 Å². The fourth-order valence-electron chi connectivity index (χ4n) is 4.81. The molecule has 0 spiro atoms. The molecule has 1 aliphatic heterocycles. The molecule has 2 atom stereocenters. The molecule has 0 saturated carbocycles. The van der Waals surface area contributed by atoms with Crippen molar-refractivity contribution in [2.75, 3.05) is 0 Å². The van der Waals surface area contributed by atoms with Crippen molar-refractivity contribution in [2.24, 2.45) is 0 Å². The van der Waals surface area contributed by atoms with E-state index in [1.165, 1.54) is 24.3 Å². The van der Waals surface area contributed by atoms with Crippen LogP contribution in [0.3, 0.4) is 0 Å². The van der Waals surface area contributed by atoms with Crippen molar-refractivity contribution in [1.82, 2.24) is 0 Å². The molecule has 1 aliphatic rings. The van der Waals surface area contributed by atoms with Crippen LogP contribution in [0.25, 0.3) is 0 Å². The maximum atomic E-state index is 14.6. The molecule has 0 bridgehead atoms. The summed E-state index contributed by atoms with van der Waals surface area (Å²) in [7, 11) is 0. The minimum absolute atomic E-state index is 0.144. The van der Waals surface area contributed by atoms with E-state index in [1.54, 1.807) is 6.07 Å². The summed E-state index contributed by atoms with van der Waals surface area (Å²) in [6.45, 7) is 0. The van der Waals surface area contributed by atoms with Crippen molar-refractivity contribution in [1.29, 1.82) is 0 Å². The average molecular weight is 582 g/mol. The maximum absolute atomic E-state index is 14.6. The van der Waals surface area contributed by atoms with E-state index in [4.69, 9.17) is 0 Å². The monoisotopic (exact) mass is 582 g/mol. The summed E-state index contributed by atoms with van der Waals surface area (Å²) >= 11 is 0. The summed E-state index contributed by atoms with van der Waals surface area (Å²) < 4.78 is 154. The molecule has 3 aromatic carbocycles. The normalized spacial score (nSPS) is 18.7. The van der Waals surface area contributed by atoms with Crippen LogP contribution in [-0.4, -0.2) is 29.8 Å². The van der Waals surface area contributed by atoms with Gasteiger partial charge in [-0.2, -0.15) is 39.5 Å². The first-order chi connectivity index (χ1) is 18.4. The van der Waals surface area contributed by atoms with Gasteiger partial charge in [0.05, 0.1) is 5.56 Å². The Morgan fingerprint density at radius 1 is 0.700 bits per heavy atom. The van der Waals surface area contributed by atoms with E-state index >= 15 is 0 Å². The highest BCUT2D eigenvalue weighted by molar-refractivity contribution is 5.89. The van der Waals surface area contributed by atoms with E-state index in [0.717, 1.165) is 24.3 Å². The van der Waals surface area contributed by atoms with Crippen LogP contribution in [0.5, 0.6) is 0 Å². The molecular weight excluding hydrogens is 565 g/mol. The number of Topliss-reactive ketones (excluding diaryl/α,β-unsaturated/α-hetero) is 1. The predicted octanol–water partition coefficient (Wildman–Crippen LogP) is 7.73. The van der Waals surface area contributed by atoms with Crippen LogP contribution in [0, 0.1) is 11.6 Å². The molecule has 0 N–H and O–H groups in total. The average Bonchev–Trinajstić information content (AvgIpc) is 3.62. The van der Waals surface area contributed by atoms with Crippen LogP contribution in [-0.2, 0) is 27.5 Å². The third-order valence-electron chi connectivity index (χ3n) is 6.75. The molecule has 1 saturated heterocycles. The predicted molar refractivity (Wildman–Crippen MR) is 118 cm³/mol. The van der Waals surface area contributed by atoms with Gasteiger partial charge in [-0.1, -0.05) is 42.5 Å². The van der Waals surface area contributed by atoms with Crippen LogP contribution in [0.2, 0.25) is 0 Å². The van der Waals surface area contributed by atoms with Gasteiger partial charge >= 0.3 is 18.5 Å². The standard InChI is InChI=1S/C27H17F11O2/c28-19-8-6-16(7-9-19)23(13-15-4-2-1-3-5-15,17-10-18(25(30,31)32)12-20(29)11-17)14-21(39)22-24(40-22,26(33,34)35)27(36,37)38/h1-12,22H,13-14H2/t22?,23-/m1/s1. The van der Waals surface area contributed by atoms with E-state index in [0.29, 0.717) is 12.1 Å². The Hall–Kier alpha value is -3.48. The highest BCUT2D eigenvalue weighted by atomic mass is 19.4. The SMILES string of the molecule is O=C(C[C@](Cc1ccccc1)(c1ccc(F)cc1)c1cc(F)cc(C(F)(F)F)c1)C1OC1(C(F)(F)F)C(F)(F)F. The minimum atomic E-state index is -6.05. The van der Waals surface area contributed by atoms with Gasteiger partial charge in [-0.3, -0.25) is 4.79 Å². The molecule has 0 amide bonds. The lowest BCUT2D eigenvalue weighted by Crippen LogP contribution is -2.50. The van der Waals surface area contributed by atoms with E-state index in [2.05, 4.69) is 4.74 Å². The van der Waals surface area contributed by atoms with Crippen LogP contribution >= 0.6 is 0 Å². The maximum Gasteiger partial charge on any atom is 0.429 e. The van der Waals surface area contributed by atoms with E-state index in [-0.39, 0.29) is 17.2 Å². The van der Waals surface area contributed by atoms with Gasteiger partial charge in [0.15, 0.2) is 11.9 Å². The second kappa shape index (κ2) is 9.86. The number of ether oxygens (including phenoxy) is 1. The van der Waals surface area contributed by atoms with Crippen LogP contribution in [0.1, 0.15) is 28.7 Å². The summed E-state index contributed by atoms with van der Waals surface area (Å²) in [5.41, 5.74) is -8.95. The Morgan fingerprint density at radius 2 is 1.25 bits per heavy atom. The van der Waals surface area contributed by atoms with Gasteiger partial charge in [0.1, 0.15) is 11.6 Å². The van der Waals surface area contributed by atoms with Crippen molar-refractivity contribution in [3.8, 4) is 0 Å². The zero-order valence-corrected chi connectivity index (χ0v) is 19.9. The molecule has 40 heavy (non-hydrogen) atoms. The van der Waals surface area contributed by atoms with Gasteiger partial charge < -0.3 is 4.74 Å². The number of ketones is 1. The summed E-state index contributed by atoms with van der Waals surface area (Å²) in [5.74, 6) is -4.01. The Labute approximate surface area is 219 Å². The highest BCUT2D eigenvalue weighted by Crippen LogP contribution is 2.60. The molecule has 1 heterocycles. The number of alkyl halides is 9. The number of carbonyl (C=O) groups is 1. The fourth-order valence-corrected chi connectivity index (χ4v) is 4.81. The zero-order valence-electron chi connectivity index (χ0n) is 19.9. The summed E-state index contributed by atoms with van der Waals surface area (Å²) in [4.78, 5) is 13.2. The first-order valence-corrected chi connectivity index (χ1v) is 11.4. The number of halogens is 11. The fraction of sp³-hybridized carbons (Fsp3) is 0.296. The lowest BCUT2D eigenvalue weighted by atomic mass is 9.66. The molecule has 4 rings (SSSR count). The van der Waals surface area contributed by atoms with Crippen molar-refractivity contribution < 1.29 is 57.8 Å². The van der Waals surface area contributed by atoms with Crippen molar-refractivity contribution in [2.45, 2.75) is 48.5 Å². The van der Waals surface area contributed by atoms with E-state index < -0.39 is 77.0 Å². The van der Waals surface area contributed by atoms with Gasteiger partial charge in [0, 0.05) is 11.8 Å². The first-order valence-electron chi connectivity index (χ1n) is 11.4. The number of hydrogen-bond acceptors (Lipinski definition) is 2. The first kappa shape index (κ1) is 29.5. The van der Waals surface area contributed by atoms with Gasteiger partial charge in [-0.25, -0.2) is 8.78 Å². The quantitative estimate of drug-likeness (QED) is 0.211. The van der Waals surface area contributed by atoms with E-state index in [1.807, 2.05) is 0 Å². The molecular formula is C27H17F11O2. The largest absolute Gasteiger partial charge is 0.429 e. The van der Waals surface area contributed by atoms with Gasteiger partial charge in [0.25, 0.3) is 5.60 Å². The minimum Gasteiger partial charge on any atom is -0.340 e. The lowest BCUT2D eigenvalue weighted by Gasteiger charge is -2.36. The molecule has 13 heteroatoms. The molecule has 2 nitrogen and oxygen atoms in total. The number of carbonyl (C=O) groups excluding carboxylic acids is 1. The zero-order chi connectivity index (χ0) is 29.7. The smallest absolute Gasteiger partial charge is 0.340 e. The second-order valence-electron chi connectivity index (χ2n) is 9.35. The molecule has 0 aliphatic carbocycles. The summed E-state index contributed by atoms with van der Waals surface area (Å²) in [6, 6.07) is 12.3. The van der Waals surface area contributed by atoms with Crippen LogP contribution < -0.4 is 0 Å². The Kier molecular flexibility index (Phi) is 7.27. The summed E-state index contributed by atoms with van der Waals surface area (Å²) in [6.07, 6.45) is -22.0. The molecule has 1 unspecified atom stereocenters. The molecule has 214 valence electrons. The number of benzene rings is 3. The number of epoxide rings is 1. The Bertz CT molecular complexity index is 1360. The second-order valence-corrected chi connectivity index (χ2v) is 9.35. The van der Waals surface area contributed by atoms with Crippen molar-refractivity contribution in [3.63, 3.8) is 0 Å². The van der Waals surface area contributed by atoms with Gasteiger partial charge in [-0.15, -0.1) is 0 Å².